The fourth-order valence-corrected chi connectivity index (χ4v) is 3.41. The van der Waals surface area contributed by atoms with E-state index in [9.17, 15) is 4.79 Å². The van der Waals surface area contributed by atoms with Gasteiger partial charge in [0.2, 0.25) is 11.9 Å². The fraction of sp³-hybridized carbons (Fsp3) is 0.333. The molecule has 28 heavy (non-hydrogen) atoms. The highest BCUT2D eigenvalue weighted by Gasteiger charge is 2.16. The zero-order chi connectivity index (χ0) is 19.3. The topological polar surface area (TPSA) is 86.8 Å². The van der Waals surface area contributed by atoms with Gasteiger partial charge in [0.1, 0.15) is 0 Å². The number of aryl methyl sites for hydroxylation is 1. The Balaban J connectivity index is 1.56. The van der Waals surface area contributed by atoms with Crippen LogP contribution < -0.4 is 15.8 Å². The number of H-pyrrole nitrogens is 1. The van der Waals surface area contributed by atoms with Crippen LogP contribution >= 0.6 is 0 Å². The van der Waals surface area contributed by atoms with Crippen molar-refractivity contribution in [2.45, 2.75) is 32.7 Å². The SMILES string of the molecule is Cc1nc(N2CCCCC2)ncc1-c1cc(=O)[nH]c(NCc2ccccc2)n1. The summed E-state index contributed by atoms with van der Waals surface area (Å²) in [6.07, 6.45) is 5.39. The molecule has 0 unspecified atom stereocenters. The second-order valence-electron chi connectivity index (χ2n) is 7.04. The number of aromatic amines is 1. The molecule has 3 heterocycles. The van der Waals surface area contributed by atoms with Crippen molar-refractivity contribution >= 4 is 11.9 Å². The average Bonchev–Trinajstić information content (AvgIpc) is 2.73. The molecule has 2 aromatic heterocycles. The smallest absolute Gasteiger partial charge is 0.252 e. The molecule has 1 aromatic carbocycles. The first kappa shape index (κ1) is 18.2. The Kier molecular flexibility index (Phi) is 5.32. The number of hydrogen-bond donors (Lipinski definition) is 2. The number of aromatic nitrogens is 4. The van der Waals surface area contributed by atoms with Gasteiger partial charge in [-0.1, -0.05) is 30.3 Å². The van der Waals surface area contributed by atoms with Gasteiger partial charge in [0.05, 0.1) is 11.4 Å². The lowest BCUT2D eigenvalue weighted by Crippen LogP contribution is -2.31. The first-order valence-corrected chi connectivity index (χ1v) is 9.67. The van der Waals surface area contributed by atoms with Crippen molar-refractivity contribution in [2.24, 2.45) is 0 Å². The Hall–Kier alpha value is -3.22. The summed E-state index contributed by atoms with van der Waals surface area (Å²) < 4.78 is 0. The van der Waals surface area contributed by atoms with Crippen molar-refractivity contribution in [1.29, 1.82) is 0 Å². The molecule has 0 radical (unpaired) electrons. The maximum absolute atomic E-state index is 12.1. The molecule has 3 aromatic rings. The first-order chi connectivity index (χ1) is 13.7. The predicted octanol–water partition coefficient (Wildman–Crippen LogP) is 3.14. The fourth-order valence-electron chi connectivity index (χ4n) is 3.41. The van der Waals surface area contributed by atoms with E-state index in [0.717, 1.165) is 35.9 Å². The van der Waals surface area contributed by atoms with E-state index >= 15 is 0 Å². The van der Waals surface area contributed by atoms with E-state index in [2.05, 4.69) is 30.2 Å². The largest absolute Gasteiger partial charge is 0.352 e. The lowest BCUT2D eigenvalue weighted by atomic mass is 10.1. The highest BCUT2D eigenvalue weighted by atomic mass is 16.1. The van der Waals surface area contributed by atoms with Gasteiger partial charge in [0.15, 0.2) is 0 Å². The van der Waals surface area contributed by atoms with Crippen LogP contribution in [0.3, 0.4) is 0 Å². The number of anilines is 2. The van der Waals surface area contributed by atoms with Gasteiger partial charge in [-0.15, -0.1) is 0 Å². The molecule has 2 N–H and O–H groups in total. The quantitative estimate of drug-likeness (QED) is 0.711. The first-order valence-electron chi connectivity index (χ1n) is 9.67. The zero-order valence-corrected chi connectivity index (χ0v) is 16.0. The van der Waals surface area contributed by atoms with Crippen LogP contribution in [0.25, 0.3) is 11.3 Å². The number of benzene rings is 1. The van der Waals surface area contributed by atoms with Gasteiger partial charge < -0.3 is 10.2 Å². The summed E-state index contributed by atoms with van der Waals surface area (Å²) in [4.78, 5) is 30.9. The van der Waals surface area contributed by atoms with Crippen molar-refractivity contribution in [2.75, 3.05) is 23.3 Å². The summed E-state index contributed by atoms with van der Waals surface area (Å²) in [7, 11) is 0. The van der Waals surface area contributed by atoms with Crippen LogP contribution in [0.5, 0.6) is 0 Å². The monoisotopic (exact) mass is 376 g/mol. The molecule has 0 saturated carbocycles. The van der Waals surface area contributed by atoms with Crippen molar-refractivity contribution in [3.8, 4) is 11.3 Å². The highest BCUT2D eigenvalue weighted by Crippen LogP contribution is 2.22. The van der Waals surface area contributed by atoms with E-state index in [-0.39, 0.29) is 5.56 Å². The third-order valence-corrected chi connectivity index (χ3v) is 4.93. The Morgan fingerprint density at radius 1 is 1.11 bits per heavy atom. The van der Waals surface area contributed by atoms with E-state index < -0.39 is 0 Å². The van der Waals surface area contributed by atoms with Crippen molar-refractivity contribution in [3.63, 3.8) is 0 Å². The second kappa shape index (κ2) is 8.21. The summed E-state index contributed by atoms with van der Waals surface area (Å²) in [6, 6.07) is 11.5. The highest BCUT2D eigenvalue weighted by molar-refractivity contribution is 5.62. The minimum Gasteiger partial charge on any atom is -0.352 e. The van der Waals surface area contributed by atoms with Crippen LogP contribution in [0, 0.1) is 6.92 Å². The lowest BCUT2D eigenvalue weighted by Gasteiger charge is -2.26. The van der Waals surface area contributed by atoms with Crippen molar-refractivity contribution < 1.29 is 0 Å². The third kappa shape index (κ3) is 4.19. The normalized spacial score (nSPS) is 14.1. The summed E-state index contributed by atoms with van der Waals surface area (Å²) in [6.45, 7) is 4.51. The maximum Gasteiger partial charge on any atom is 0.252 e. The Morgan fingerprint density at radius 3 is 2.64 bits per heavy atom. The van der Waals surface area contributed by atoms with Gasteiger partial charge in [-0.05, 0) is 31.7 Å². The maximum atomic E-state index is 12.1. The molecule has 1 saturated heterocycles. The summed E-state index contributed by atoms with van der Waals surface area (Å²) in [5, 5.41) is 3.18. The average molecular weight is 376 g/mol. The molecular formula is C21H24N6O. The van der Waals surface area contributed by atoms with Crippen LogP contribution in [-0.4, -0.2) is 33.0 Å². The molecule has 0 spiro atoms. The number of rotatable bonds is 5. The van der Waals surface area contributed by atoms with E-state index in [1.54, 1.807) is 6.20 Å². The van der Waals surface area contributed by atoms with E-state index in [0.29, 0.717) is 18.2 Å². The summed E-state index contributed by atoms with van der Waals surface area (Å²) in [5.41, 5.74) is 3.07. The van der Waals surface area contributed by atoms with Crippen molar-refractivity contribution in [1.82, 2.24) is 19.9 Å². The second-order valence-corrected chi connectivity index (χ2v) is 7.04. The minimum atomic E-state index is -0.208. The van der Waals surface area contributed by atoms with Crippen molar-refractivity contribution in [3.05, 3.63) is 64.2 Å². The Bertz CT molecular complexity index is 995. The third-order valence-electron chi connectivity index (χ3n) is 4.93. The molecular weight excluding hydrogens is 352 g/mol. The number of nitrogens with zero attached hydrogens (tertiary/aromatic N) is 4. The Morgan fingerprint density at radius 2 is 1.89 bits per heavy atom. The lowest BCUT2D eigenvalue weighted by molar-refractivity contribution is 0.568. The zero-order valence-electron chi connectivity index (χ0n) is 16.0. The molecule has 0 aliphatic carbocycles. The van der Waals surface area contributed by atoms with E-state index in [1.807, 2.05) is 37.3 Å². The number of piperidine rings is 1. The van der Waals surface area contributed by atoms with Gasteiger partial charge in [-0.25, -0.2) is 15.0 Å². The van der Waals surface area contributed by atoms with Gasteiger partial charge >= 0.3 is 0 Å². The minimum absolute atomic E-state index is 0.208. The molecule has 0 amide bonds. The van der Waals surface area contributed by atoms with Gasteiger partial charge in [0, 0.05) is 37.5 Å². The number of nitrogens with one attached hydrogen (secondary N) is 2. The standard InChI is InChI=1S/C21H24N6O/c1-15-17(14-23-21(24-15)27-10-6-3-7-11-27)18-12-19(28)26-20(25-18)22-13-16-8-4-2-5-9-16/h2,4-5,8-9,12,14H,3,6-7,10-11,13H2,1H3,(H2,22,25,26,28). The van der Waals surface area contributed by atoms with Gasteiger partial charge in [-0.3, -0.25) is 9.78 Å². The molecule has 0 atom stereocenters. The van der Waals surface area contributed by atoms with Gasteiger partial charge in [0.25, 0.3) is 5.56 Å². The van der Waals surface area contributed by atoms with Crippen LogP contribution in [0.4, 0.5) is 11.9 Å². The summed E-state index contributed by atoms with van der Waals surface area (Å²) >= 11 is 0. The molecule has 1 aliphatic rings. The molecule has 1 fully saturated rings. The molecule has 7 nitrogen and oxygen atoms in total. The Labute approximate surface area is 163 Å². The number of hydrogen-bond acceptors (Lipinski definition) is 6. The molecule has 1 aliphatic heterocycles. The van der Waals surface area contributed by atoms with Gasteiger partial charge in [-0.2, -0.15) is 0 Å². The van der Waals surface area contributed by atoms with Crippen LogP contribution in [0.2, 0.25) is 0 Å². The van der Waals surface area contributed by atoms with E-state index in [4.69, 9.17) is 0 Å². The molecule has 0 bridgehead atoms. The van der Waals surface area contributed by atoms with E-state index in [1.165, 1.54) is 25.3 Å². The van der Waals surface area contributed by atoms with Crippen LogP contribution in [0.15, 0.2) is 47.4 Å². The predicted molar refractivity (Wildman–Crippen MR) is 110 cm³/mol. The van der Waals surface area contributed by atoms with Crippen LogP contribution in [-0.2, 0) is 6.54 Å². The molecule has 7 heteroatoms. The molecule has 144 valence electrons. The summed E-state index contributed by atoms with van der Waals surface area (Å²) in [5.74, 6) is 1.19. The molecule has 4 rings (SSSR count). The van der Waals surface area contributed by atoms with Crippen LogP contribution in [0.1, 0.15) is 30.5 Å².